The molecule has 4 N–H and O–H groups in total. The first kappa shape index (κ1) is 16.2. The maximum Gasteiger partial charge on any atom is 0.132 e. The van der Waals surface area contributed by atoms with Gasteiger partial charge in [-0.05, 0) is 11.6 Å². The van der Waals surface area contributed by atoms with Gasteiger partial charge < -0.3 is 11.5 Å². The molecular formula is C21H22N2Si. The molecule has 0 unspecified atom stereocenters. The Bertz CT molecular complexity index is 774. The monoisotopic (exact) mass is 330 g/mol. The fraction of sp³-hybridized carbons (Fsp3) is 0.0476. The van der Waals surface area contributed by atoms with E-state index in [0.29, 0.717) is 6.54 Å². The van der Waals surface area contributed by atoms with Gasteiger partial charge >= 0.3 is 0 Å². The largest absolute Gasteiger partial charge is 0.398 e. The van der Waals surface area contributed by atoms with Gasteiger partial charge in [0, 0.05) is 12.2 Å². The van der Waals surface area contributed by atoms with Crippen molar-refractivity contribution in [2.75, 3.05) is 6.54 Å². The molecule has 0 aromatic heterocycles. The normalized spacial score (nSPS) is 11.7. The van der Waals surface area contributed by atoms with Gasteiger partial charge in [-0.1, -0.05) is 100 Å². The maximum absolute atomic E-state index is 6.15. The first-order valence-electron chi connectivity index (χ1n) is 8.15. The SMILES string of the molecule is NC/C=C(\N)c1cccc([SiH](c2ccccc2)c2ccccc2)c1. The molecule has 0 heterocycles. The van der Waals surface area contributed by atoms with Crippen LogP contribution in [-0.2, 0) is 0 Å². The van der Waals surface area contributed by atoms with Crippen LogP contribution in [-0.4, -0.2) is 15.3 Å². The van der Waals surface area contributed by atoms with Gasteiger partial charge in [-0.15, -0.1) is 0 Å². The van der Waals surface area contributed by atoms with Crippen LogP contribution in [0.15, 0.2) is 91.0 Å². The number of hydrogen-bond acceptors (Lipinski definition) is 2. The standard InChI is InChI=1S/C21H22N2Si/c22-15-14-21(23)17-8-7-13-20(16-17)24(18-9-3-1-4-10-18)19-11-5-2-6-12-19/h1-14,16,24H,15,22-23H2/b21-14-. The number of nitrogens with two attached hydrogens (primary N) is 2. The Labute approximate surface area is 145 Å². The lowest BCUT2D eigenvalue weighted by molar-refractivity contribution is 1.25. The second kappa shape index (κ2) is 7.77. The van der Waals surface area contributed by atoms with E-state index in [4.69, 9.17) is 11.5 Å². The summed E-state index contributed by atoms with van der Waals surface area (Å²) in [7, 11) is -1.51. The van der Waals surface area contributed by atoms with Crippen molar-refractivity contribution in [3.8, 4) is 0 Å². The van der Waals surface area contributed by atoms with Gasteiger partial charge in [-0.2, -0.15) is 0 Å². The quantitative estimate of drug-likeness (QED) is 0.545. The minimum Gasteiger partial charge on any atom is -0.398 e. The summed E-state index contributed by atoms with van der Waals surface area (Å²) in [6.07, 6.45) is 1.86. The third-order valence-electron chi connectivity index (χ3n) is 4.16. The van der Waals surface area contributed by atoms with Crippen LogP contribution in [0.2, 0.25) is 0 Å². The Hall–Kier alpha value is -2.62. The zero-order chi connectivity index (χ0) is 16.8. The van der Waals surface area contributed by atoms with Crippen LogP contribution >= 0.6 is 0 Å². The van der Waals surface area contributed by atoms with E-state index in [1.807, 2.05) is 12.1 Å². The lowest BCUT2D eigenvalue weighted by atomic mass is 10.1. The van der Waals surface area contributed by atoms with Crippen LogP contribution < -0.4 is 27.0 Å². The molecule has 3 aromatic carbocycles. The Morgan fingerprint density at radius 1 is 0.750 bits per heavy atom. The summed E-state index contributed by atoms with van der Waals surface area (Å²) in [4.78, 5) is 0. The number of benzene rings is 3. The minimum atomic E-state index is -1.51. The van der Waals surface area contributed by atoms with Gasteiger partial charge in [0.2, 0.25) is 0 Å². The summed E-state index contributed by atoms with van der Waals surface area (Å²) in [5.74, 6) is 0. The van der Waals surface area contributed by atoms with Crippen LogP contribution in [0.25, 0.3) is 5.70 Å². The van der Waals surface area contributed by atoms with Crippen LogP contribution in [0.3, 0.4) is 0 Å². The van der Waals surface area contributed by atoms with E-state index in [2.05, 4.69) is 78.9 Å². The molecule has 3 rings (SSSR count). The molecule has 0 bridgehead atoms. The molecule has 120 valence electrons. The van der Waals surface area contributed by atoms with Crippen molar-refractivity contribution >= 4 is 30.1 Å². The molecule has 0 fully saturated rings. The minimum absolute atomic E-state index is 0.453. The topological polar surface area (TPSA) is 52.0 Å². The molecule has 0 aliphatic heterocycles. The lowest BCUT2D eigenvalue weighted by Gasteiger charge is -2.18. The van der Waals surface area contributed by atoms with Crippen LogP contribution in [0.1, 0.15) is 5.56 Å². The maximum atomic E-state index is 6.15. The Kier molecular flexibility index (Phi) is 5.26. The average Bonchev–Trinajstić information content (AvgIpc) is 2.64. The molecule has 0 saturated heterocycles. The highest BCUT2D eigenvalue weighted by Gasteiger charge is 2.18. The molecule has 0 saturated carbocycles. The van der Waals surface area contributed by atoms with Crippen molar-refractivity contribution in [2.45, 2.75) is 0 Å². The van der Waals surface area contributed by atoms with Gasteiger partial charge in [-0.3, -0.25) is 0 Å². The van der Waals surface area contributed by atoms with Gasteiger partial charge in [0.25, 0.3) is 0 Å². The Balaban J connectivity index is 2.10. The van der Waals surface area contributed by atoms with Crippen LogP contribution in [0.4, 0.5) is 0 Å². The summed E-state index contributed by atoms with van der Waals surface area (Å²) in [5, 5.41) is 4.17. The molecule has 0 radical (unpaired) electrons. The van der Waals surface area contributed by atoms with E-state index < -0.39 is 8.80 Å². The highest BCUT2D eigenvalue weighted by molar-refractivity contribution is 6.95. The van der Waals surface area contributed by atoms with E-state index in [9.17, 15) is 0 Å². The zero-order valence-electron chi connectivity index (χ0n) is 13.6. The van der Waals surface area contributed by atoms with Crippen LogP contribution in [0.5, 0.6) is 0 Å². The summed E-state index contributed by atoms with van der Waals surface area (Å²) in [6, 6.07) is 30.1. The van der Waals surface area contributed by atoms with E-state index >= 15 is 0 Å². The molecule has 24 heavy (non-hydrogen) atoms. The van der Waals surface area contributed by atoms with Gasteiger partial charge in [-0.25, -0.2) is 0 Å². The highest BCUT2D eigenvalue weighted by Crippen LogP contribution is 2.07. The molecule has 2 nitrogen and oxygen atoms in total. The van der Waals surface area contributed by atoms with Gasteiger partial charge in [0.15, 0.2) is 0 Å². The number of hydrogen-bond donors (Lipinski definition) is 2. The average molecular weight is 331 g/mol. The zero-order valence-corrected chi connectivity index (χ0v) is 14.8. The molecule has 0 aliphatic rings. The summed E-state index contributed by atoms with van der Waals surface area (Å²) in [6.45, 7) is 0.453. The molecule has 3 aromatic rings. The molecule has 0 amide bonds. The smallest absolute Gasteiger partial charge is 0.132 e. The van der Waals surface area contributed by atoms with E-state index in [0.717, 1.165) is 11.3 Å². The first-order chi connectivity index (χ1) is 11.8. The van der Waals surface area contributed by atoms with Crippen molar-refractivity contribution < 1.29 is 0 Å². The van der Waals surface area contributed by atoms with Crippen molar-refractivity contribution in [1.82, 2.24) is 0 Å². The van der Waals surface area contributed by atoms with Crippen molar-refractivity contribution in [1.29, 1.82) is 0 Å². The second-order valence-corrected chi connectivity index (χ2v) is 8.64. The van der Waals surface area contributed by atoms with Crippen LogP contribution in [0, 0.1) is 0 Å². The van der Waals surface area contributed by atoms with Crippen molar-refractivity contribution in [3.05, 3.63) is 96.6 Å². The third kappa shape index (κ3) is 3.64. The summed E-state index contributed by atoms with van der Waals surface area (Å²) < 4.78 is 0. The third-order valence-corrected chi connectivity index (χ3v) is 7.29. The fourth-order valence-corrected chi connectivity index (χ4v) is 6.03. The molecule has 0 atom stereocenters. The molecule has 0 spiro atoms. The van der Waals surface area contributed by atoms with E-state index in [-0.39, 0.29) is 0 Å². The predicted molar refractivity (Wildman–Crippen MR) is 107 cm³/mol. The Morgan fingerprint density at radius 2 is 1.29 bits per heavy atom. The Morgan fingerprint density at radius 3 is 1.83 bits per heavy atom. The lowest BCUT2D eigenvalue weighted by Crippen LogP contribution is -2.52. The van der Waals surface area contributed by atoms with Gasteiger partial charge in [0.05, 0.1) is 0 Å². The van der Waals surface area contributed by atoms with E-state index in [1.54, 1.807) is 0 Å². The van der Waals surface area contributed by atoms with Gasteiger partial charge in [0.1, 0.15) is 8.80 Å². The summed E-state index contributed by atoms with van der Waals surface area (Å²) in [5.41, 5.74) is 13.5. The molecule has 0 aliphatic carbocycles. The second-order valence-electron chi connectivity index (χ2n) is 5.78. The fourth-order valence-electron chi connectivity index (χ4n) is 3.01. The molecular weight excluding hydrogens is 308 g/mol. The van der Waals surface area contributed by atoms with Crippen molar-refractivity contribution in [2.24, 2.45) is 11.5 Å². The highest BCUT2D eigenvalue weighted by atomic mass is 28.3. The van der Waals surface area contributed by atoms with Crippen molar-refractivity contribution in [3.63, 3.8) is 0 Å². The van der Waals surface area contributed by atoms with E-state index in [1.165, 1.54) is 15.6 Å². The number of rotatable bonds is 5. The first-order valence-corrected chi connectivity index (χ1v) is 9.88. The molecule has 3 heteroatoms. The predicted octanol–water partition coefficient (Wildman–Crippen LogP) is 1.19. The summed E-state index contributed by atoms with van der Waals surface area (Å²) >= 11 is 0.